The van der Waals surface area contributed by atoms with Crippen molar-refractivity contribution in [3.05, 3.63) is 17.7 Å². The monoisotopic (exact) mass is 276 g/mol. The van der Waals surface area contributed by atoms with Gasteiger partial charge in [-0.25, -0.2) is 9.97 Å². The molecule has 0 atom stereocenters. The molecule has 0 bridgehead atoms. The van der Waals surface area contributed by atoms with E-state index in [1.807, 2.05) is 27.7 Å². The summed E-state index contributed by atoms with van der Waals surface area (Å²) in [6.45, 7) is 7.90. The summed E-state index contributed by atoms with van der Waals surface area (Å²) in [6, 6.07) is 0. The van der Waals surface area contributed by atoms with E-state index in [9.17, 15) is 5.11 Å². The molecule has 0 spiro atoms. The fourth-order valence-electron chi connectivity index (χ4n) is 2.27. The SMILES string of the molecule is CC1(C)OB(c2cnc(C3CC3)nc2CO)OC1(C)C. The number of rotatable bonds is 3. The number of aliphatic hydroxyl groups is 1. The van der Waals surface area contributed by atoms with Crippen LogP contribution in [0.15, 0.2) is 6.20 Å². The highest BCUT2D eigenvalue weighted by Gasteiger charge is 2.52. The minimum atomic E-state index is -0.518. The highest BCUT2D eigenvalue weighted by molar-refractivity contribution is 6.62. The van der Waals surface area contributed by atoms with Gasteiger partial charge in [0.25, 0.3) is 0 Å². The van der Waals surface area contributed by atoms with E-state index in [4.69, 9.17) is 9.31 Å². The van der Waals surface area contributed by atoms with E-state index in [-0.39, 0.29) is 6.61 Å². The zero-order valence-corrected chi connectivity index (χ0v) is 12.5. The standard InChI is InChI=1S/C14H21BN2O3/c1-13(2)14(3,4)20-15(19-13)10-7-16-12(9-5-6-9)17-11(10)8-18/h7,9,18H,5-6,8H2,1-4H3. The molecule has 1 N–H and O–H groups in total. The topological polar surface area (TPSA) is 64.5 Å². The van der Waals surface area contributed by atoms with E-state index in [0.717, 1.165) is 24.1 Å². The second-order valence-electron chi connectivity index (χ2n) is 6.65. The Hall–Kier alpha value is -0.975. The van der Waals surface area contributed by atoms with Gasteiger partial charge in [0, 0.05) is 17.6 Å². The summed E-state index contributed by atoms with van der Waals surface area (Å²) in [4.78, 5) is 8.88. The molecule has 1 saturated carbocycles. The quantitative estimate of drug-likeness (QED) is 0.839. The molecule has 1 aliphatic heterocycles. The van der Waals surface area contributed by atoms with Crippen molar-refractivity contribution in [2.24, 2.45) is 0 Å². The van der Waals surface area contributed by atoms with Gasteiger partial charge in [-0.05, 0) is 40.5 Å². The maximum atomic E-state index is 9.56. The van der Waals surface area contributed by atoms with Crippen molar-refractivity contribution in [2.75, 3.05) is 0 Å². The van der Waals surface area contributed by atoms with Crippen molar-refractivity contribution in [3.63, 3.8) is 0 Å². The molecule has 0 radical (unpaired) electrons. The maximum absolute atomic E-state index is 9.56. The Balaban J connectivity index is 1.91. The lowest BCUT2D eigenvalue weighted by molar-refractivity contribution is 0.00578. The smallest absolute Gasteiger partial charge is 0.399 e. The molecule has 5 nitrogen and oxygen atoms in total. The summed E-state index contributed by atoms with van der Waals surface area (Å²) in [5, 5.41) is 9.56. The van der Waals surface area contributed by atoms with Gasteiger partial charge >= 0.3 is 7.12 Å². The van der Waals surface area contributed by atoms with Gasteiger partial charge in [-0.1, -0.05) is 0 Å². The van der Waals surface area contributed by atoms with Gasteiger partial charge in [0.05, 0.1) is 23.5 Å². The Morgan fingerprint density at radius 2 is 1.85 bits per heavy atom. The highest BCUT2D eigenvalue weighted by atomic mass is 16.7. The summed E-state index contributed by atoms with van der Waals surface area (Å²) < 4.78 is 12.0. The third-order valence-corrected chi connectivity index (χ3v) is 4.52. The third-order valence-electron chi connectivity index (χ3n) is 4.52. The van der Waals surface area contributed by atoms with Gasteiger partial charge in [-0.15, -0.1) is 0 Å². The normalized spacial score (nSPS) is 24.1. The predicted octanol–water partition coefficient (Wildman–Crippen LogP) is 1.15. The maximum Gasteiger partial charge on any atom is 0.498 e. The van der Waals surface area contributed by atoms with Crippen LogP contribution in [0.2, 0.25) is 0 Å². The minimum absolute atomic E-state index is 0.123. The van der Waals surface area contributed by atoms with Crippen LogP contribution >= 0.6 is 0 Å². The van der Waals surface area contributed by atoms with Crippen LogP contribution in [0.3, 0.4) is 0 Å². The Morgan fingerprint density at radius 3 is 2.35 bits per heavy atom. The summed E-state index contributed by atoms with van der Waals surface area (Å²) in [7, 11) is -0.518. The van der Waals surface area contributed by atoms with Gasteiger partial charge in [-0.3, -0.25) is 0 Å². The molecule has 1 aromatic rings. The first kappa shape index (κ1) is 14.0. The molecule has 2 fully saturated rings. The van der Waals surface area contributed by atoms with Crippen LogP contribution in [0.5, 0.6) is 0 Å². The van der Waals surface area contributed by atoms with E-state index < -0.39 is 18.3 Å². The van der Waals surface area contributed by atoms with Crippen LogP contribution in [0, 0.1) is 0 Å². The van der Waals surface area contributed by atoms with Gasteiger partial charge in [0.15, 0.2) is 0 Å². The third kappa shape index (κ3) is 2.26. The van der Waals surface area contributed by atoms with Crippen LogP contribution in [-0.2, 0) is 15.9 Å². The molecule has 0 amide bonds. The molecule has 20 heavy (non-hydrogen) atoms. The van der Waals surface area contributed by atoms with Crippen LogP contribution in [-0.4, -0.2) is 33.4 Å². The van der Waals surface area contributed by atoms with Gasteiger partial charge in [-0.2, -0.15) is 0 Å². The van der Waals surface area contributed by atoms with E-state index in [2.05, 4.69) is 9.97 Å². The largest absolute Gasteiger partial charge is 0.498 e. The molecular weight excluding hydrogens is 255 g/mol. The lowest BCUT2D eigenvalue weighted by Crippen LogP contribution is -2.41. The summed E-state index contributed by atoms with van der Waals surface area (Å²) in [5.74, 6) is 1.29. The first-order valence-corrected chi connectivity index (χ1v) is 7.16. The molecule has 1 aliphatic carbocycles. The number of aliphatic hydroxyl groups excluding tert-OH is 1. The number of nitrogens with zero attached hydrogens (tertiary/aromatic N) is 2. The molecule has 6 heteroatoms. The summed E-state index contributed by atoms with van der Waals surface area (Å²) >= 11 is 0. The van der Waals surface area contributed by atoms with Gasteiger partial charge < -0.3 is 14.4 Å². The second-order valence-corrected chi connectivity index (χ2v) is 6.65. The van der Waals surface area contributed by atoms with Crippen molar-refractivity contribution in [1.29, 1.82) is 0 Å². The van der Waals surface area contributed by atoms with Crippen LogP contribution in [0.25, 0.3) is 0 Å². The molecule has 3 rings (SSSR count). The Kier molecular flexibility index (Phi) is 3.16. The van der Waals surface area contributed by atoms with E-state index in [1.54, 1.807) is 6.20 Å². The summed E-state index contributed by atoms with van der Waals surface area (Å²) in [6.07, 6.45) is 4.02. The molecule has 108 valence electrons. The predicted molar refractivity (Wildman–Crippen MR) is 75.6 cm³/mol. The van der Waals surface area contributed by atoms with Crippen molar-refractivity contribution >= 4 is 12.6 Å². The fourth-order valence-corrected chi connectivity index (χ4v) is 2.27. The molecule has 2 aliphatic rings. The van der Waals surface area contributed by atoms with Gasteiger partial charge in [0.2, 0.25) is 0 Å². The summed E-state index contributed by atoms with van der Waals surface area (Å²) in [5.41, 5.74) is 0.537. The fraction of sp³-hybridized carbons (Fsp3) is 0.714. The molecular formula is C14H21BN2O3. The number of aromatic nitrogens is 2. The zero-order chi connectivity index (χ0) is 14.5. The average Bonchev–Trinajstić information content (AvgIpc) is 3.17. The number of hydrogen-bond acceptors (Lipinski definition) is 5. The Bertz CT molecular complexity index is 513. The molecule has 1 aromatic heterocycles. The Morgan fingerprint density at radius 1 is 1.25 bits per heavy atom. The average molecular weight is 276 g/mol. The lowest BCUT2D eigenvalue weighted by Gasteiger charge is -2.32. The highest BCUT2D eigenvalue weighted by Crippen LogP contribution is 2.38. The molecule has 0 aromatic carbocycles. The second kappa shape index (κ2) is 4.51. The van der Waals surface area contributed by atoms with E-state index in [1.165, 1.54) is 0 Å². The van der Waals surface area contributed by atoms with Crippen LogP contribution in [0.4, 0.5) is 0 Å². The van der Waals surface area contributed by atoms with Crippen molar-refractivity contribution in [1.82, 2.24) is 9.97 Å². The van der Waals surface area contributed by atoms with Gasteiger partial charge in [0.1, 0.15) is 5.82 Å². The zero-order valence-electron chi connectivity index (χ0n) is 12.5. The van der Waals surface area contributed by atoms with Crippen LogP contribution < -0.4 is 5.46 Å². The Labute approximate surface area is 119 Å². The molecule has 1 saturated heterocycles. The minimum Gasteiger partial charge on any atom is -0.399 e. The molecule has 0 unspecified atom stereocenters. The van der Waals surface area contributed by atoms with Crippen molar-refractivity contribution in [3.8, 4) is 0 Å². The van der Waals surface area contributed by atoms with E-state index in [0.29, 0.717) is 11.6 Å². The number of hydrogen-bond donors (Lipinski definition) is 1. The molecule has 2 heterocycles. The van der Waals surface area contributed by atoms with Crippen LogP contribution in [0.1, 0.15) is 58.0 Å². The van der Waals surface area contributed by atoms with Crippen molar-refractivity contribution in [2.45, 2.75) is 64.3 Å². The first-order valence-electron chi connectivity index (χ1n) is 7.16. The lowest BCUT2D eigenvalue weighted by atomic mass is 9.79. The van der Waals surface area contributed by atoms with Crippen molar-refractivity contribution < 1.29 is 14.4 Å². The van der Waals surface area contributed by atoms with E-state index >= 15 is 0 Å². The first-order chi connectivity index (χ1) is 9.34.